The Bertz CT molecular complexity index is 1130. The third-order valence-corrected chi connectivity index (χ3v) is 6.04. The quantitative estimate of drug-likeness (QED) is 0.375. The van der Waals surface area contributed by atoms with Crippen molar-refractivity contribution >= 4 is 17.5 Å². The molecule has 3 N–H and O–H groups in total. The molecule has 35 heavy (non-hydrogen) atoms. The minimum absolute atomic E-state index is 0.237. The first-order valence-corrected chi connectivity index (χ1v) is 12.2. The molecule has 2 aliphatic rings. The molecule has 5 heteroatoms. The highest BCUT2D eigenvalue weighted by molar-refractivity contribution is 6.03. The first kappa shape index (κ1) is 26.2. The van der Waals surface area contributed by atoms with Gasteiger partial charge in [-0.15, -0.1) is 0 Å². The van der Waals surface area contributed by atoms with Crippen molar-refractivity contribution in [3.8, 4) is 0 Å². The van der Waals surface area contributed by atoms with Gasteiger partial charge in [0.15, 0.2) is 0 Å². The Balaban J connectivity index is 2.11. The number of hydrogen-bond donors (Lipinski definition) is 2. The Morgan fingerprint density at radius 1 is 1.26 bits per heavy atom. The van der Waals surface area contributed by atoms with Gasteiger partial charge in [-0.05, 0) is 49.0 Å². The lowest BCUT2D eigenvalue weighted by atomic mass is 10.00. The second-order valence-corrected chi connectivity index (χ2v) is 9.51. The van der Waals surface area contributed by atoms with Gasteiger partial charge in [0.2, 0.25) is 0 Å². The number of aliphatic imine (C=N–C) groups is 2. The molecule has 1 aliphatic carbocycles. The Morgan fingerprint density at radius 2 is 2.06 bits per heavy atom. The van der Waals surface area contributed by atoms with Crippen LogP contribution in [0.5, 0.6) is 0 Å². The summed E-state index contributed by atoms with van der Waals surface area (Å²) in [4.78, 5) is 11.5. The molecule has 0 spiro atoms. The average Bonchev–Trinajstić information content (AvgIpc) is 3.10. The van der Waals surface area contributed by atoms with Gasteiger partial charge in [0.05, 0.1) is 5.71 Å². The van der Waals surface area contributed by atoms with Gasteiger partial charge < -0.3 is 16.0 Å². The maximum Gasteiger partial charge on any atom is 0.134 e. The van der Waals surface area contributed by atoms with E-state index < -0.39 is 0 Å². The van der Waals surface area contributed by atoms with E-state index in [4.69, 9.17) is 10.7 Å². The van der Waals surface area contributed by atoms with Crippen molar-refractivity contribution in [2.45, 2.75) is 44.7 Å². The van der Waals surface area contributed by atoms with Crippen LogP contribution in [-0.4, -0.2) is 50.1 Å². The van der Waals surface area contributed by atoms with Crippen LogP contribution >= 0.6 is 0 Å². The molecule has 1 aromatic rings. The van der Waals surface area contributed by atoms with Crippen molar-refractivity contribution in [2.75, 3.05) is 21.1 Å². The van der Waals surface area contributed by atoms with Crippen LogP contribution in [0.15, 0.2) is 100 Å². The van der Waals surface area contributed by atoms with E-state index in [0.717, 1.165) is 70.6 Å². The molecule has 0 amide bonds. The molecule has 1 unspecified atom stereocenters. The molecule has 1 saturated carbocycles. The van der Waals surface area contributed by atoms with Gasteiger partial charge in [-0.1, -0.05) is 61.2 Å². The van der Waals surface area contributed by atoms with Gasteiger partial charge in [-0.25, -0.2) is 4.99 Å². The van der Waals surface area contributed by atoms with Gasteiger partial charge in [0, 0.05) is 63.2 Å². The number of nitrogens with one attached hydrogen (secondary N) is 1. The smallest absolute Gasteiger partial charge is 0.134 e. The number of allylic oxidation sites excluding steroid dienone is 8. The first-order chi connectivity index (χ1) is 16.8. The highest BCUT2D eigenvalue weighted by atomic mass is 15.1. The molecule has 0 aromatic heterocycles. The van der Waals surface area contributed by atoms with Crippen LogP contribution in [0.1, 0.15) is 43.7 Å². The van der Waals surface area contributed by atoms with Gasteiger partial charge in [-0.2, -0.15) is 0 Å². The van der Waals surface area contributed by atoms with Crippen molar-refractivity contribution in [1.82, 2.24) is 10.2 Å². The van der Waals surface area contributed by atoms with Crippen LogP contribution in [0, 0.1) is 0 Å². The molecule has 184 valence electrons. The number of nitrogens with two attached hydrogens (primary N) is 1. The average molecular weight is 470 g/mol. The molecule has 1 aliphatic heterocycles. The zero-order valence-corrected chi connectivity index (χ0v) is 21.6. The van der Waals surface area contributed by atoms with E-state index in [1.54, 1.807) is 7.05 Å². The van der Waals surface area contributed by atoms with Crippen molar-refractivity contribution in [3.63, 3.8) is 0 Å². The predicted octanol–water partition coefficient (Wildman–Crippen LogP) is 5.41. The zero-order valence-electron chi connectivity index (χ0n) is 21.6. The zero-order chi connectivity index (χ0) is 25.4. The normalized spacial score (nSPS) is 21.2. The molecule has 0 radical (unpaired) electrons. The largest absolute Gasteiger partial charge is 0.383 e. The Hall–Kier alpha value is -3.44. The van der Waals surface area contributed by atoms with Crippen LogP contribution < -0.4 is 11.1 Å². The maximum atomic E-state index is 6.21. The fraction of sp³-hybridized carbons (Fsp3) is 0.333. The number of rotatable bonds is 9. The van der Waals surface area contributed by atoms with Gasteiger partial charge >= 0.3 is 0 Å². The predicted molar refractivity (Wildman–Crippen MR) is 152 cm³/mol. The third-order valence-electron chi connectivity index (χ3n) is 6.04. The lowest BCUT2D eigenvalue weighted by Crippen LogP contribution is -2.28. The van der Waals surface area contributed by atoms with E-state index in [2.05, 4.69) is 72.2 Å². The Kier molecular flexibility index (Phi) is 9.21. The van der Waals surface area contributed by atoms with Crippen molar-refractivity contribution in [3.05, 3.63) is 102 Å². The number of nitrogens with zero attached hydrogens (tertiary/aromatic N) is 3. The molecule has 2 atom stereocenters. The van der Waals surface area contributed by atoms with Crippen molar-refractivity contribution in [1.29, 1.82) is 0 Å². The summed E-state index contributed by atoms with van der Waals surface area (Å²) in [6.07, 6.45) is 16.0. The van der Waals surface area contributed by atoms with E-state index in [-0.39, 0.29) is 6.04 Å². The molecule has 5 nitrogen and oxygen atoms in total. The molecule has 3 rings (SSSR count). The second kappa shape index (κ2) is 12.3. The van der Waals surface area contributed by atoms with Gasteiger partial charge in [-0.3, -0.25) is 4.99 Å². The van der Waals surface area contributed by atoms with Crippen LogP contribution in [0.3, 0.4) is 0 Å². The first-order valence-electron chi connectivity index (χ1n) is 12.2. The van der Waals surface area contributed by atoms with Crippen LogP contribution in [-0.2, 0) is 0 Å². The summed E-state index contributed by atoms with van der Waals surface area (Å²) in [5.41, 5.74) is 13.5. The van der Waals surface area contributed by atoms with E-state index in [1.807, 2.05) is 38.2 Å². The lowest BCUT2D eigenvalue weighted by Gasteiger charge is -2.18. The van der Waals surface area contributed by atoms with Crippen molar-refractivity contribution < 1.29 is 0 Å². The fourth-order valence-corrected chi connectivity index (χ4v) is 4.47. The molecular weight excluding hydrogens is 430 g/mol. The minimum atomic E-state index is 0.237. The molecule has 0 bridgehead atoms. The standard InChI is InChI=1S/C30H39N5/c1-7-22(20-35(5)6)23-10-8-11-24(17-23)29-13-9-12-28(25(19-32-4)16-21(2)3)30(34-29)33-27-15-14-26(31)18-27/h7-12,16-17,19-20,26-27,33H,1-2,13-15,18,31H2,3-6H3/b22-20+,25-16+,32-19?/t26-,27?/m0/s1. The van der Waals surface area contributed by atoms with E-state index in [0.29, 0.717) is 6.04 Å². The summed E-state index contributed by atoms with van der Waals surface area (Å²) in [6.45, 7) is 10.1. The second-order valence-electron chi connectivity index (χ2n) is 9.51. The summed E-state index contributed by atoms with van der Waals surface area (Å²) in [5, 5.41) is 3.72. The van der Waals surface area contributed by atoms with E-state index >= 15 is 0 Å². The van der Waals surface area contributed by atoms with Crippen molar-refractivity contribution in [2.24, 2.45) is 15.7 Å². The third kappa shape index (κ3) is 7.27. The van der Waals surface area contributed by atoms with Crippen LogP contribution in [0.2, 0.25) is 0 Å². The monoisotopic (exact) mass is 469 g/mol. The highest BCUT2D eigenvalue weighted by Gasteiger charge is 2.24. The molecule has 1 fully saturated rings. The van der Waals surface area contributed by atoms with Crippen LogP contribution in [0.25, 0.3) is 5.57 Å². The molecule has 1 aromatic carbocycles. The minimum Gasteiger partial charge on any atom is -0.383 e. The molecule has 0 saturated heterocycles. The number of hydrogen-bond acceptors (Lipinski definition) is 5. The van der Waals surface area contributed by atoms with E-state index in [1.165, 1.54) is 0 Å². The summed E-state index contributed by atoms with van der Waals surface area (Å²) in [6, 6.07) is 9.05. The topological polar surface area (TPSA) is 66.0 Å². The van der Waals surface area contributed by atoms with Crippen LogP contribution in [0.4, 0.5) is 0 Å². The summed E-state index contributed by atoms with van der Waals surface area (Å²) in [5.74, 6) is 0.860. The van der Waals surface area contributed by atoms with Gasteiger partial charge in [0.25, 0.3) is 0 Å². The van der Waals surface area contributed by atoms with E-state index in [9.17, 15) is 0 Å². The lowest BCUT2D eigenvalue weighted by molar-refractivity contribution is 0.566. The molecular formula is C30H39N5. The molecule has 1 heterocycles. The maximum absolute atomic E-state index is 6.21. The Morgan fingerprint density at radius 3 is 2.69 bits per heavy atom. The summed E-state index contributed by atoms with van der Waals surface area (Å²) < 4.78 is 0. The number of benzene rings is 1. The van der Waals surface area contributed by atoms with Gasteiger partial charge in [0.1, 0.15) is 5.82 Å². The fourth-order valence-electron chi connectivity index (χ4n) is 4.47. The highest BCUT2D eigenvalue weighted by Crippen LogP contribution is 2.26. The Labute approximate surface area is 210 Å². The summed E-state index contributed by atoms with van der Waals surface area (Å²) >= 11 is 0. The SMILES string of the molecule is C=C/C(=C\N(C)C)c1cccc(C2=NC(NC3CC[C@H](N)C3)=C(/C(C=NC)=C/C(=C)C)C=CC2)c1. The summed E-state index contributed by atoms with van der Waals surface area (Å²) in [7, 11) is 5.82.